The summed E-state index contributed by atoms with van der Waals surface area (Å²) in [6.07, 6.45) is 1.80. The first kappa shape index (κ1) is 13.1. The zero-order chi connectivity index (χ0) is 13.7. The largest absolute Gasteiger partial charge is 0.381 e. The molecule has 0 aliphatic rings. The minimum Gasteiger partial charge on any atom is -0.381 e. The number of nitrogens with one attached hydrogen (secondary N) is 3. The lowest BCUT2D eigenvalue weighted by Gasteiger charge is -2.08. The Morgan fingerprint density at radius 2 is 2.26 bits per heavy atom. The number of hydrogen-bond donors (Lipinski definition) is 3. The number of nitrogens with zero attached hydrogens (tertiary/aromatic N) is 1. The number of amides is 1. The molecule has 0 atom stereocenters. The number of anilines is 1. The molecule has 1 amide bonds. The fraction of sp³-hybridized carbons (Fsp3) is 0.286. The van der Waals surface area contributed by atoms with Crippen molar-refractivity contribution in [3.63, 3.8) is 0 Å². The molecule has 0 saturated carbocycles. The molecule has 1 aromatic carbocycles. The quantitative estimate of drug-likeness (QED) is 0.769. The molecule has 19 heavy (non-hydrogen) atoms. The Hall–Kier alpha value is -2.30. The van der Waals surface area contributed by atoms with Gasteiger partial charge in [0, 0.05) is 35.6 Å². The Balaban J connectivity index is 2.03. The second kappa shape index (κ2) is 6.04. The lowest BCUT2D eigenvalue weighted by atomic mass is 10.2. The molecular weight excluding hydrogens is 240 g/mol. The molecule has 1 heterocycles. The SMILES string of the molecule is CCNC(=O)c1cccc(NCc2cn[nH]c2C)c1. The number of carbonyl (C=O) groups excluding carboxylic acids is 1. The third kappa shape index (κ3) is 3.34. The van der Waals surface area contributed by atoms with Gasteiger partial charge in [0.25, 0.3) is 5.91 Å². The first-order chi connectivity index (χ1) is 9.20. The normalized spacial score (nSPS) is 10.2. The molecule has 0 spiro atoms. The highest BCUT2D eigenvalue weighted by molar-refractivity contribution is 5.95. The van der Waals surface area contributed by atoms with Crippen LogP contribution in [0.4, 0.5) is 5.69 Å². The van der Waals surface area contributed by atoms with Crippen molar-refractivity contribution in [1.82, 2.24) is 15.5 Å². The molecule has 100 valence electrons. The van der Waals surface area contributed by atoms with Gasteiger partial charge in [0.2, 0.25) is 0 Å². The molecule has 0 fully saturated rings. The summed E-state index contributed by atoms with van der Waals surface area (Å²) >= 11 is 0. The standard InChI is InChI=1S/C14H18N4O/c1-3-15-14(19)11-5-4-6-13(7-11)16-8-12-9-17-18-10(12)2/h4-7,9,16H,3,8H2,1-2H3,(H,15,19)(H,17,18). The molecule has 2 aromatic rings. The van der Waals surface area contributed by atoms with Gasteiger partial charge in [-0.2, -0.15) is 5.10 Å². The molecule has 5 heteroatoms. The Morgan fingerprint density at radius 1 is 1.42 bits per heavy atom. The van der Waals surface area contributed by atoms with Gasteiger partial charge < -0.3 is 10.6 Å². The predicted octanol–water partition coefficient (Wildman–Crippen LogP) is 2.08. The Labute approximate surface area is 112 Å². The van der Waals surface area contributed by atoms with E-state index in [0.717, 1.165) is 16.9 Å². The minimum absolute atomic E-state index is 0.0503. The van der Waals surface area contributed by atoms with Gasteiger partial charge in [-0.3, -0.25) is 9.89 Å². The van der Waals surface area contributed by atoms with E-state index in [1.165, 1.54) is 0 Å². The smallest absolute Gasteiger partial charge is 0.251 e. The van der Waals surface area contributed by atoms with E-state index in [-0.39, 0.29) is 5.91 Å². The van der Waals surface area contributed by atoms with E-state index in [1.807, 2.05) is 32.0 Å². The van der Waals surface area contributed by atoms with E-state index in [1.54, 1.807) is 12.3 Å². The first-order valence-corrected chi connectivity index (χ1v) is 6.31. The van der Waals surface area contributed by atoms with E-state index in [9.17, 15) is 4.79 Å². The fourth-order valence-electron chi connectivity index (χ4n) is 1.78. The molecule has 0 bridgehead atoms. The average molecular weight is 258 g/mol. The van der Waals surface area contributed by atoms with Crippen molar-refractivity contribution >= 4 is 11.6 Å². The number of rotatable bonds is 5. The lowest BCUT2D eigenvalue weighted by molar-refractivity contribution is 0.0956. The number of H-pyrrole nitrogens is 1. The van der Waals surface area contributed by atoms with Gasteiger partial charge in [0.05, 0.1) is 6.20 Å². The van der Waals surface area contributed by atoms with Crippen LogP contribution in [-0.4, -0.2) is 22.6 Å². The van der Waals surface area contributed by atoms with Crippen LogP contribution in [0.2, 0.25) is 0 Å². The molecule has 1 aromatic heterocycles. The predicted molar refractivity (Wildman–Crippen MR) is 75.1 cm³/mol. The van der Waals surface area contributed by atoms with Gasteiger partial charge in [-0.25, -0.2) is 0 Å². The summed E-state index contributed by atoms with van der Waals surface area (Å²) in [6.45, 7) is 5.20. The monoisotopic (exact) mass is 258 g/mol. The molecule has 0 aliphatic heterocycles. The molecule has 3 N–H and O–H groups in total. The average Bonchev–Trinajstić information content (AvgIpc) is 2.82. The highest BCUT2D eigenvalue weighted by Crippen LogP contribution is 2.13. The molecule has 0 saturated heterocycles. The van der Waals surface area contributed by atoms with Gasteiger partial charge in [0.1, 0.15) is 0 Å². The van der Waals surface area contributed by atoms with Crippen molar-refractivity contribution in [3.05, 3.63) is 47.3 Å². The lowest BCUT2D eigenvalue weighted by Crippen LogP contribution is -2.22. The van der Waals surface area contributed by atoms with Crippen molar-refractivity contribution in [2.24, 2.45) is 0 Å². The van der Waals surface area contributed by atoms with Crippen LogP contribution in [0.1, 0.15) is 28.5 Å². The van der Waals surface area contributed by atoms with Crippen molar-refractivity contribution in [3.8, 4) is 0 Å². The Kier molecular flexibility index (Phi) is 4.18. The van der Waals surface area contributed by atoms with Crippen LogP contribution in [0.5, 0.6) is 0 Å². The van der Waals surface area contributed by atoms with Crippen LogP contribution in [-0.2, 0) is 6.54 Å². The van der Waals surface area contributed by atoms with E-state index in [0.29, 0.717) is 18.7 Å². The van der Waals surface area contributed by atoms with Gasteiger partial charge in [-0.1, -0.05) is 6.07 Å². The Bertz CT molecular complexity index is 562. The minimum atomic E-state index is -0.0503. The van der Waals surface area contributed by atoms with Crippen molar-refractivity contribution in [1.29, 1.82) is 0 Å². The first-order valence-electron chi connectivity index (χ1n) is 6.31. The third-order valence-corrected chi connectivity index (χ3v) is 2.88. The topological polar surface area (TPSA) is 69.8 Å². The molecule has 0 unspecified atom stereocenters. The van der Waals surface area contributed by atoms with E-state index in [4.69, 9.17) is 0 Å². The molecule has 0 radical (unpaired) electrons. The summed E-state index contributed by atoms with van der Waals surface area (Å²) in [5.41, 5.74) is 3.75. The summed E-state index contributed by atoms with van der Waals surface area (Å²) in [5, 5.41) is 12.9. The highest BCUT2D eigenvalue weighted by Gasteiger charge is 2.05. The van der Waals surface area contributed by atoms with Gasteiger partial charge in [-0.05, 0) is 32.0 Å². The molecule has 5 nitrogen and oxygen atoms in total. The van der Waals surface area contributed by atoms with Crippen LogP contribution in [0.3, 0.4) is 0 Å². The van der Waals surface area contributed by atoms with Crippen LogP contribution in [0, 0.1) is 6.92 Å². The van der Waals surface area contributed by atoms with Crippen molar-refractivity contribution < 1.29 is 4.79 Å². The van der Waals surface area contributed by atoms with Crippen molar-refractivity contribution in [2.45, 2.75) is 20.4 Å². The summed E-state index contributed by atoms with van der Waals surface area (Å²) in [7, 11) is 0. The van der Waals surface area contributed by atoms with E-state index in [2.05, 4.69) is 20.8 Å². The van der Waals surface area contributed by atoms with E-state index >= 15 is 0 Å². The number of benzene rings is 1. The number of hydrogen-bond acceptors (Lipinski definition) is 3. The summed E-state index contributed by atoms with van der Waals surface area (Å²) in [4.78, 5) is 11.7. The van der Waals surface area contributed by atoms with E-state index < -0.39 is 0 Å². The maximum Gasteiger partial charge on any atom is 0.251 e. The number of aromatic nitrogens is 2. The summed E-state index contributed by atoms with van der Waals surface area (Å²) in [6, 6.07) is 7.47. The van der Waals surface area contributed by atoms with Crippen LogP contribution in [0.15, 0.2) is 30.5 Å². The highest BCUT2D eigenvalue weighted by atomic mass is 16.1. The maximum absolute atomic E-state index is 11.7. The van der Waals surface area contributed by atoms with Crippen molar-refractivity contribution in [2.75, 3.05) is 11.9 Å². The summed E-state index contributed by atoms with van der Waals surface area (Å²) in [5.74, 6) is -0.0503. The van der Waals surface area contributed by atoms with Crippen LogP contribution in [0.25, 0.3) is 0 Å². The fourth-order valence-corrected chi connectivity index (χ4v) is 1.78. The third-order valence-electron chi connectivity index (χ3n) is 2.88. The molecule has 0 aliphatic carbocycles. The van der Waals surface area contributed by atoms with Gasteiger partial charge >= 0.3 is 0 Å². The number of aryl methyl sites for hydroxylation is 1. The number of aromatic amines is 1. The van der Waals surface area contributed by atoms with Crippen LogP contribution < -0.4 is 10.6 Å². The number of carbonyl (C=O) groups is 1. The second-order valence-electron chi connectivity index (χ2n) is 4.31. The zero-order valence-corrected chi connectivity index (χ0v) is 11.2. The second-order valence-corrected chi connectivity index (χ2v) is 4.31. The van der Waals surface area contributed by atoms with Gasteiger partial charge in [-0.15, -0.1) is 0 Å². The van der Waals surface area contributed by atoms with Crippen LogP contribution >= 0.6 is 0 Å². The maximum atomic E-state index is 11.7. The molecule has 2 rings (SSSR count). The van der Waals surface area contributed by atoms with Gasteiger partial charge in [0.15, 0.2) is 0 Å². The zero-order valence-electron chi connectivity index (χ0n) is 11.2. The summed E-state index contributed by atoms with van der Waals surface area (Å²) < 4.78 is 0. The molecular formula is C14H18N4O. The Morgan fingerprint density at radius 3 is 2.95 bits per heavy atom.